The molecule has 0 aliphatic carbocycles. The van der Waals surface area contributed by atoms with Crippen molar-refractivity contribution in [1.29, 1.82) is 0 Å². The standard InChI is InChI=1S/C11H22N2O4S/c1-3-6-10(11(14)15)12-18(16,17)13-8-5-4-7-9(13)2/h9-10,12H,3-8H2,1-2H3,(H,14,15). The number of carbonyl (C=O) groups is 1. The highest BCUT2D eigenvalue weighted by Gasteiger charge is 2.32. The number of nitrogens with one attached hydrogen (secondary N) is 1. The summed E-state index contributed by atoms with van der Waals surface area (Å²) in [5, 5.41) is 8.99. The van der Waals surface area contributed by atoms with Gasteiger partial charge in [0.25, 0.3) is 10.2 Å². The fourth-order valence-electron chi connectivity index (χ4n) is 2.20. The van der Waals surface area contributed by atoms with Crippen LogP contribution < -0.4 is 4.72 Å². The summed E-state index contributed by atoms with van der Waals surface area (Å²) in [7, 11) is -3.70. The Labute approximate surface area is 109 Å². The van der Waals surface area contributed by atoms with Gasteiger partial charge in [-0.25, -0.2) is 0 Å². The fourth-order valence-corrected chi connectivity index (χ4v) is 3.86. The highest BCUT2D eigenvalue weighted by Crippen LogP contribution is 2.19. The molecule has 2 unspecified atom stereocenters. The van der Waals surface area contributed by atoms with E-state index in [0.29, 0.717) is 19.4 Å². The van der Waals surface area contributed by atoms with Crippen LogP contribution >= 0.6 is 0 Å². The third-order valence-corrected chi connectivity index (χ3v) is 4.96. The van der Waals surface area contributed by atoms with Gasteiger partial charge in [0.1, 0.15) is 6.04 Å². The Morgan fingerprint density at radius 3 is 2.67 bits per heavy atom. The Bertz CT molecular complexity index is 383. The van der Waals surface area contributed by atoms with Gasteiger partial charge in [-0.05, 0) is 26.2 Å². The zero-order chi connectivity index (χ0) is 13.8. The van der Waals surface area contributed by atoms with Crippen molar-refractivity contribution in [3.05, 3.63) is 0 Å². The number of rotatable bonds is 6. The van der Waals surface area contributed by atoms with Gasteiger partial charge in [0, 0.05) is 12.6 Å². The van der Waals surface area contributed by atoms with E-state index in [1.807, 2.05) is 13.8 Å². The molecule has 1 aliphatic heterocycles. The number of nitrogens with zero attached hydrogens (tertiary/aromatic N) is 1. The van der Waals surface area contributed by atoms with Crippen LogP contribution in [0, 0.1) is 0 Å². The van der Waals surface area contributed by atoms with E-state index in [9.17, 15) is 13.2 Å². The summed E-state index contributed by atoms with van der Waals surface area (Å²) in [6, 6.07) is -1.10. The molecule has 0 aromatic carbocycles. The Hall–Kier alpha value is -0.660. The number of aliphatic carboxylic acids is 1. The summed E-state index contributed by atoms with van der Waals surface area (Å²) < 4.78 is 27.9. The second-order valence-corrected chi connectivity index (χ2v) is 6.41. The van der Waals surface area contributed by atoms with Crippen LogP contribution in [-0.2, 0) is 15.0 Å². The van der Waals surface area contributed by atoms with Gasteiger partial charge < -0.3 is 5.11 Å². The molecule has 1 heterocycles. The van der Waals surface area contributed by atoms with E-state index >= 15 is 0 Å². The van der Waals surface area contributed by atoms with Crippen LogP contribution in [0.4, 0.5) is 0 Å². The molecule has 1 fully saturated rings. The SMILES string of the molecule is CCCC(NS(=O)(=O)N1CCCCC1C)C(=O)O. The largest absolute Gasteiger partial charge is 0.480 e. The molecular weight excluding hydrogens is 256 g/mol. The maximum Gasteiger partial charge on any atom is 0.321 e. The maximum absolute atomic E-state index is 12.1. The molecule has 2 N–H and O–H groups in total. The fraction of sp³-hybridized carbons (Fsp3) is 0.909. The third kappa shape index (κ3) is 3.93. The molecule has 0 spiro atoms. The van der Waals surface area contributed by atoms with Gasteiger partial charge in [0.05, 0.1) is 0 Å². The van der Waals surface area contributed by atoms with Crippen LogP contribution in [-0.4, -0.2) is 42.4 Å². The average Bonchev–Trinajstić information content (AvgIpc) is 2.28. The first-order valence-electron chi connectivity index (χ1n) is 6.40. The van der Waals surface area contributed by atoms with Crippen LogP contribution in [0.3, 0.4) is 0 Å². The second kappa shape index (κ2) is 6.49. The monoisotopic (exact) mass is 278 g/mol. The van der Waals surface area contributed by atoms with Crippen molar-refractivity contribution in [3.8, 4) is 0 Å². The molecular formula is C11H22N2O4S. The molecule has 2 atom stereocenters. The molecule has 1 aliphatic rings. The lowest BCUT2D eigenvalue weighted by Gasteiger charge is -2.33. The molecule has 6 nitrogen and oxygen atoms in total. The summed E-state index contributed by atoms with van der Waals surface area (Å²) in [6.07, 6.45) is 3.60. The molecule has 1 saturated heterocycles. The van der Waals surface area contributed by atoms with Crippen LogP contribution in [0.25, 0.3) is 0 Å². The number of carboxylic acids is 1. The molecule has 1 rings (SSSR count). The van der Waals surface area contributed by atoms with Crippen molar-refractivity contribution in [3.63, 3.8) is 0 Å². The minimum atomic E-state index is -3.70. The molecule has 0 aromatic rings. The third-order valence-electron chi connectivity index (χ3n) is 3.22. The quantitative estimate of drug-likeness (QED) is 0.757. The van der Waals surface area contributed by atoms with Gasteiger partial charge in [0.15, 0.2) is 0 Å². The maximum atomic E-state index is 12.1. The van der Waals surface area contributed by atoms with Crippen LogP contribution in [0.5, 0.6) is 0 Å². The van der Waals surface area contributed by atoms with Crippen molar-refractivity contribution in [1.82, 2.24) is 9.03 Å². The van der Waals surface area contributed by atoms with Crippen molar-refractivity contribution < 1.29 is 18.3 Å². The summed E-state index contributed by atoms with van der Waals surface area (Å²) in [4.78, 5) is 11.0. The van der Waals surface area contributed by atoms with Crippen LogP contribution in [0.1, 0.15) is 46.0 Å². The van der Waals surface area contributed by atoms with E-state index < -0.39 is 22.2 Å². The van der Waals surface area contributed by atoms with E-state index in [0.717, 1.165) is 19.3 Å². The van der Waals surface area contributed by atoms with Gasteiger partial charge in [-0.2, -0.15) is 17.4 Å². The van der Waals surface area contributed by atoms with E-state index in [1.54, 1.807) is 0 Å². The summed E-state index contributed by atoms with van der Waals surface area (Å²) in [6.45, 7) is 4.15. The minimum Gasteiger partial charge on any atom is -0.480 e. The topological polar surface area (TPSA) is 86.7 Å². The molecule has 0 saturated carbocycles. The highest BCUT2D eigenvalue weighted by atomic mass is 32.2. The van der Waals surface area contributed by atoms with Crippen molar-refractivity contribution >= 4 is 16.2 Å². The van der Waals surface area contributed by atoms with Crippen LogP contribution in [0.15, 0.2) is 0 Å². The van der Waals surface area contributed by atoms with Crippen molar-refractivity contribution in [2.24, 2.45) is 0 Å². The first-order valence-corrected chi connectivity index (χ1v) is 7.84. The Balaban J connectivity index is 2.75. The van der Waals surface area contributed by atoms with Crippen LogP contribution in [0.2, 0.25) is 0 Å². The lowest BCUT2D eigenvalue weighted by Crippen LogP contribution is -2.52. The number of piperidine rings is 1. The molecule has 0 aromatic heterocycles. The predicted molar refractivity (Wildman–Crippen MR) is 68.4 cm³/mol. The van der Waals surface area contributed by atoms with Crippen molar-refractivity contribution in [2.75, 3.05) is 6.54 Å². The highest BCUT2D eigenvalue weighted by molar-refractivity contribution is 7.87. The first kappa shape index (κ1) is 15.4. The number of hydrogen-bond donors (Lipinski definition) is 2. The number of hydrogen-bond acceptors (Lipinski definition) is 3. The second-order valence-electron chi connectivity index (χ2n) is 4.76. The summed E-state index contributed by atoms with van der Waals surface area (Å²) in [5.74, 6) is -1.12. The predicted octanol–water partition coefficient (Wildman–Crippen LogP) is 0.948. The zero-order valence-electron chi connectivity index (χ0n) is 10.9. The minimum absolute atomic E-state index is 0.0627. The molecule has 0 amide bonds. The lowest BCUT2D eigenvalue weighted by atomic mass is 10.1. The number of carboxylic acid groups (broad SMARTS) is 1. The molecule has 0 bridgehead atoms. The Morgan fingerprint density at radius 2 is 2.17 bits per heavy atom. The van der Waals surface area contributed by atoms with E-state index in [2.05, 4.69) is 4.72 Å². The van der Waals surface area contributed by atoms with Crippen molar-refractivity contribution in [2.45, 2.75) is 58.0 Å². The van der Waals surface area contributed by atoms with Gasteiger partial charge >= 0.3 is 5.97 Å². The molecule has 0 radical (unpaired) electrons. The van der Waals surface area contributed by atoms with Gasteiger partial charge in [0.2, 0.25) is 0 Å². The molecule has 106 valence electrons. The van der Waals surface area contributed by atoms with E-state index in [1.165, 1.54) is 4.31 Å². The summed E-state index contributed by atoms with van der Waals surface area (Å²) >= 11 is 0. The van der Waals surface area contributed by atoms with Gasteiger partial charge in [-0.15, -0.1) is 0 Å². The Kier molecular flexibility index (Phi) is 5.55. The lowest BCUT2D eigenvalue weighted by molar-refractivity contribution is -0.139. The normalized spacial score (nSPS) is 23.8. The molecule has 18 heavy (non-hydrogen) atoms. The van der Waals surface area contributed by atoms with E-state index in [-0.39, 0.29) is 6.04 Å². The Morgan fingerprint density at radius 1 is 1.50 bits per heavy atom. The summed E-state index contributed by atoms with van der Waals surface area (Å²) in [5.41, 5.74) is 0. The first-order chi connectivity index (χ1) is 8.38. The smallest absolute Gasteiger partial charge is 0.321 e. The zero-order valence-corrected chi connectivity index (χ0v) is 11.7. The van der Waals surface area contributed by atoms with E-state index in [4.69, 9.17) is 5.11 Å². The molecule has 7 heteroatoms. The van der Waals surface area contributed by atoms with Gasteiger partial charge in [-0.3, -0.25) is 4.79 Å². The van der Waals surface area contributed by atoms with Gasteiger partial charge in [-0.1, -0.05) is 19.8 Å². The average molecular weight is 278 g/mol.